The summed E-state index contributed by atoms with van der Waals surface area (Å²) in [5.41, 5.74) is 0. The topological polar surface area (TPSA) is 71.5 Å². The Morgan fingerprint density at radius 1 is 0.352 bits per heavy atom. The molecule has 0 aliphatic heterocycles. The van der Waals surface area contributed by atoms with Crippen LogP contribution in [0, 0.1) is 0 Å². The van der Waals surface area contributed by atoms with Crippen molar-refractivity contribution in [3.8, 4) is 0 Å². The molecule has 0 unspecified atom stereocenters. The molecule has 0 amide bonds. The second-order valence-electron chi connectivity index (χ2n) is 15.1. The quantitative estimate of drug-likeness (QED) is 0.0374. The fourth-order valence-corrected chi connectivity index (χ4v) is 23.6. The van der Waals surface area contributed by atoms with Crippen LogP contribution in [-0.2, 0) is 20.0 Å². The first kappa shape index (κ1) is 53.6. The predicted octanol–water partition coefficient (Wildman–Crippen LogP) is 14.2. The Kier molecular flexibility index (Phi) is 23.7. The predicted molar refractivity (Wildman–Crippen MR) is 202 cm³/mol. The average Bonchev–Trinajstić information content (AvgIpc) is 3.06. The van der Waals surface area contributed by atoms with Crippen molar-refractivity contribution in [1.29, 1.82) is 0 Å². The molecule has 0 aliphatic carbocycles. The molecule has 0 aliphatic rings. The molecule has 0 fully saturated rings. The third-order valence-electron chi connectivity index (χ3n) is 10.5. The maximum absolute atomic E-state index is 15.5. The molecule has 0 aromatic heterocycles. The summed E-state index contributed by atoms with van der Waals surface area (Å²) >= 11 is 0. The van der Waals surface area contributed by atoms with E-state index in [1.165, 1.54) is 0 Å². The number of halogens is 10. The van der Waals surface area contributed by atoms with Crippen LogP contribution in [-0.4, -0.2) is 67.8 Å². The molecule has 0 bridgehead atoms. The van der Waals surface area contributed by atoms with Crippen LogP contribution in [0.15, 0.2) is 0 Å². The summed E-state index contributed by atoms with van der Waals surface area (Å²) in [6.07, 6.45) is -5.59. The summed E-state index contributed by atoms with van der Waals surface area (Å²) in [7, 11) is -15.6. The Bertz CT molecular complexity index is 1120. The molecule has 0 heterocycles. The van der Waals surface area contributed by atoms with Gasteiger partial charge in [-0.15, -0.1) is 0 Å². The van der Waals surface area contributed by atoms with Crippen molar-refractivity contribution in [3.05, 3.63) is 0 Å². The number of alkyl halides is 10. The molecule has 0 N–H and O–H groups in total. The third kappa shape index (κ3) is 14.5. The molecular formula is C36H68F10NO4PS2. The van der Waals surface area contributed by atoms with Crippen molar-refractivity contribution < 1.29 is 60.7 Å². The Balaban J connectivity index is 8.33. The summed E-state index contributed by atoms with van der Waals surface area (Å²) < 4.78 is 201. The van der Waals surface area contributed by atoms with Crippen molar-refractivity contribution >= 4 is 26.8 Å². The number of rotatable bonds is 33. The fraction of sp³-hybridized carbons (Fsp3) is 1.00. The van der Waals surface area contributed by atoms with Gasteiger partial charge < -0.3 is 0 Å². The van der Waals surface area contributed by atoms with Gasteiger partial charge in [0.1, 0.15) is 0 Å². The number of nitrogens with zero attached hydrogens (tertiary/aromatic N) is 1. The van der Waals surface area contributed by atoms with Gasteiger partial charge in [0.2, 0.25) is 0 Å². The molecule has 0 saturated heterocycles. The first-order valence-electron chi connectivity index (χ1n) is 20.1. The first-order chi connectivity index (χ1) is 24.9. The van der Waals surface area contributed by atoms with E-state index in [1.54, 1.807) is 0 Å². The van der Waals surface area contributed by atoms with Crippen LogP contribution >= 0.6 is 6.75 Å². The Hall–Kier alpha value is -0.410. The maximum atomic E-state index is 15.5. The van der Waals surface area contributed by atoms with Crippen LogP contribution < -0.4 is 0 Å². The monoisotopic (exact) mass is 863 g/mol. The molecule has 328 valence electrons. The number of sulfonamides is 2. The van der Waals surface area contributed by atoms with Gasteiger partial charge in [-0.1, -0.05) is 0 Å². The van der Waals surface area contributed by atoms with E-state index in [1.807, 2.05) is 27.7 Å². The van der Waals surface area contributed by atoms with E-state index < -0.39 is 77.8 Å². The van der Waals surface area contributed by atoms with Gasteiger partial charge >= 0.3 is 320 Å². The van der Waals surface area contributed by atoms with E-state index in [9.17, 15) is 43.2 Å². The molecule has 54 heavy (non-hydrogen) atoms. The second kappa shape index (κ2) is 23.9. The van der Waals surface area contributed by atoms with Gasteiger partial charge in [-0.3, -0.25) is 0 Å². The molecule has 0 spiro atoms. The Labute approximate surface area is 319 Å². The van der Waals surface area contributed by atoms with Crippen molar-refractivity contribution in [1.82, 2.24) is 3.48 Å². The molecule has 0 aromatic carbocycles. The molecule has 0 aromatic rings. The van der Waals surface area contributed by atoms with E-state index in [-0.39, 0.29) is 51.4 Å². The molecular weight excluding hydrogens is 795 g/mol. The van der Waals surface area contributed by atoms with Crippen molar-refractivity contribution in [2.45, 2.75) is 205 Å². The molecule has 5 nitrogen and oxygen atoms in total. The molecule has 0 saturated carbocycles. The third-order valence-corrected chi connectivity index (χ3v) is 25.1. The minimum absolute atomic E-state index is 0.139. The zero-order chi connectivity index (χ0) is 41.8. The standard InChI is InChI=1S/C36H68F10NO4PS2/c1-5-9-13-17-21-25-29-52(30-26-22-18-14-10-6-2,31-27-23-19-15-11-7-3,32-28-24-20-16-12-8-4)47(53(48,49)35(43,44)33(37,38)39)54(50,51)36(45,46)34(40,41)42/h5-32H2,1-4H3. The van der Waals surface area contributed by atoms with Crippen LogP contribution in [0.3, 0.4) is 0 Å². The van der Waals surface area contributed by atoms with Gasteiger partial charge in [0.15, 0.2) is 0 Å². The van der Waals surface area contributed by atoms with Gasteiger partial charge in [-0.05, 0) is 0 Å². The zero-order valence-corrected chi connectivity index (χ0v) is 35.4. The molecule has 18 heteroatoms. The summed E-state index contributed by atoms with van der Waals surface area (Å²) in [5.74, 6) is 0. The van der Waals surface area contributed by atoms with Gasteiger partial charge in [0.25, 0.3) is 0 Å². The van der Waals surface area contributed by atoms with Crippen LogP contribution in [0.5, 0.6) is 0 Å². The van der Waals surface area contributed by atoms with E-state index in [0.29, 0.717) is 51.4 Å². The average molecular weight is 864 g/mol. The second-order valence-corrected chi connectivity index (χ2v) is 25.5. The summed E-state index contributed by atoms with van der Waals surface area (Å²) in [6, 6.07) is 0. The molecule has 0 atom stereocenters. The zero-order valence-electron chi connectivity index (χ0n) is 32.9. The molecule has 0 rings (SSSR count). The fourth-order valence-electron chi connectivity index (χ4n) is 7.42. The van der Waals surface area contributed by atoms with E-state index in [2.05, 4.69) is 0 Å². The summed E-state index contributed by atoms with van der Waals surface area (Å²) in [6.45, 7) is 1.94. The number of unbranched alkanes of at least 4 members (excludes halogenated alkanes) is 20. The SMILES string of the molecule is CCCCCCCCP(CCCCCCCC)(CCCCCCCC)(CCCCCCCC)N(S(=O)(=O)C(F)(F)C(F)(F)F)S(=O)(=O)C(F)(F)C(F)(F)F. The number of hydrogen-bond donors (Lipinski definition) is 0. The van der Waals surface area contributed by atoms with Gasteiger partial charge in [-0.25, -0.2) is 0 Å². The van der Waals surface area contributed by atoms with Gasteiger partial charge in [0.05, 0.1) is 0 Å². The van der Waals surface area contributed by atoms with Crippen LogP contribution in [0.25, 0.3) is 0 Å². The van der Waals surface area contributed by atoms with Gasteiger partial charge in [0, 0.05) is 0 Å². The van der Waals surface area contributed by atoms with E-state index in [4.69, 9.17) is 0 Å². The van der Waals surface area contributed by atoms with Crippen LogP contribution in [0.4, 0.5) is 43.9 Å². The number of hydrogen-bond acceptors (Lipinski definition) is 4. The minimum atomic E-state index is -7.82. The van der Waals surface area contributed by atoms with Crippen molar-refractivity contribution in [2.24, 2.45) is 0 Å². The first-order valence-corrected chi connectivity index (χ1v) is 25.9. The van der Waals surface area contributed by atoms with Crippen LogP contribution in [0.2, 0.25) is 0 Å². The van der Waals surface area contributed by atoms with E-state index in [0.717, 1.165) is 51.4 Å². The van der Waals surface area contributed by atoms with Crippen LogP contribution in [0.1, 0.15) is 182 Å². The Morgan fingerprint density at radius 3 is 0.722 bits per heavy atom. The molecule has 0 radical (unpaired) electrons. The van der Waals surface area contributed by atoms with E-state index >= 15 is 17.6 Å². The normalized spacial score (nSPS) is 14.8. The summed E-state index contributed by atoms with van der Waals surface area (Å²) in [5, 5.41) is -14.0. The van der Waals surface area contributed by atoms with Crippen molar-refractivity contribution in [3.63, 3.8) is 0 Å². The van der Waals surface area contributed by atoms with Gasteiger partial charge in [-0.2, -0.15) is 0 Å². The summed E-state index contributed by atoms with van der Waals surface area (Å²) in [4.78, 5) is 0. The Morgan fingerprint density at radius 2 is 0.537 bits per heavy atom. The van der Waals surface area contributed by atoms with Crippen molar-refractivity contribution in [2.75, 3.05) is 24.6 Å².